The number of carboxylic acids is 1. The molecule has 6 heteroatoms. The van der Waals surface area contributed by atoms with E-state index in [9.17, 15) is 9.90 Å². The van der Waals surface area contributed by atoms with Crippen LogP contribution in [0.5, 0.6) is 0 Å². The fourth-order valence-electron chi connectivity index (χ4n) is 3.16. The molecule has 118 valence electrons. The van der Waals surface area contributed by atoms with Crippen LogP contribution in [-0.2, 0) is 17.9 Å². The Morgan fingerprint density at radius 3 is 2.71 bits per heavy atom. The van der Waals surface area contributed by atoms with E-state index in [-0.39, 0.29) is 6.61 Å². The molecular formula is C15H25N3O3. The van der Waals surface area contributed by atoms with Crippen LogP contribution in [-0.4, -0.2) is 50.6 Å². The van der Waals surface area contributed by atoms with E-state index in [0.29, 0.717) is 6.54 Å². The molecule has 0 atom stereocenters. The third kappa shape index (κ3) is 3.83. The summed E-state index contributed by atoms with van der Waals surface area (Å²) in [5.74, 6) is -0.639. The highest BCUT2D eigenvalue weighted by Crippen LogP contribution is 2.36. The predicted molar refractivity (Wildman–Crippen MR) is 78.8 cm³/mol. The van der Waals surface area contributed by atoms with Crippen LogP contribution in [0, 0.1) is 5.41 Å². The first-order valence-corrected chi connectivity index (χ1v) is 7.67. The number of carbonyl (C=O) groups is 1. The second kappa shape index (κ2) is 7.04. The number of carboxylic acid groups (broad SMARTS) is 1. The molecule has 1 aromatic rings. The molecule has 2 N–H and O–H groups in total. The lowest BCUT2D eigenvalue weighted by Gasteiger charge is -2.38. The molecule has 0 radical (unpaired) electrons. The largest absolute Gasteiger partial charge is 0.481 e. The number of aliphatic carboxylic acids is 1. The Morgan fingerprint density at radius 1 is 1.43 bits per heavy atom. The van der Waals surface area contributed by atoms with Gasteiger partial charge in [0.15, 0.2) is 0 Å². The summed E-state index contributed by atoms with van der Waals surface area (Å²) in [7, 11) is 0. The van der Waals surface area contributed by atoms with Gasteiger partial charge in [0.2, 0.25) is 0 Å². The van der Waals surface area contributed by atoms with E-state index >= 15 is 0 Å². The minimum absolute atomic E-state index is 0.0863. The lowest BCUT2D eigenvalue weighted by molar-refractivity contribution is -0.152. The minimum Gasteiger partial charge on any atom is -0.481 e. The number of aliphatic hydroxyl groups is 1. The highest BCUT2D eigenvalue weighted by atomic mass is 16.4. The number of aliphatic hydroxyl groups excluding tert-OH is 1. The highest BCUT2D eigenvalue weighted by Gasteiger charge is 2.40. The highest BCUT2D eigenvalue weighted by molar-refractivity contribution is 5.74. The molecule has 6 nitrogen and oxygen atoms in total. The van der Waals surface area contributed by atoms with Gasteiger partial charge in [0.25, 0.3) is 0 Å². The molecule has 1 saturated heterocycles. The Bertz CT molecular complexity index is 464. The summed E-state index contributed by atoms with van der Waals surface area (Å²) in [6, 6.07) is 0. The van der Waals surface area contributed by atoms with Gasteiger partial charge in [-0.1, -0.05) is 13.3 Å². The molecule has 21 heavy (non-hydrogen) atoms. The fourth-order valence-corrected chi connectivity index (χ4v) is 3.16. The Hall–Kier alpha value is -1.40. The van der Waals surface area contributed by atoms with Gasteiger partial charge in [0.05, 0.1) is 24.8 Å². The van der Waals surface area contributed by atoms with Crippen LogP contribution in [0.25, 0.3) is 0 Å². The van der Waals surface area contributed by atoms with Gasteiger partial charge in [0, 0.05) is 18.3 Å². The van der Waals surface area contributed by atoms with Crippen molar-refractivity contribution in [3.63, 3.8) is 0 Å². The van der Waals surface area contributed by atoms with Gasteiger partial charge in [-0.15, -0.1) is 0 Å². The molecule has 1 aliphatic heterocycles. The molecule has 1 aromatic heterocycles. The van der Waals surface area contributed by atoms with Gasteiger partial charge in [-0.25, -0.2) is 0 Å². The molecular weight excluding hydrogens is 270 g/mol. The Balaban J connectivity index is 1.89. The Kier molecular flexibility index (Phi) is 5.36. The summed E-state index contributed by atoms with van der Waals surface area (Å²) < 4.78 is 1.73. The maximum Gasteiger partial charge on any atom is 0.309 e. The number of hydrogen-bond donors (Lipinski definition) is 2. The quantitative estimate of drug-likeness (QED) is 0.793. The molecule has 0 spiro atoms. The molecule has 2 heterocycles. The molecule has 1 fully saturated rings. The number of rotatable bonds is 7. The summed E-state index contributed by atoms with van der Waals surface area (Å²) in [6.07, 6.45) is 6.90. The van der Waals surface area contributed by atoms with Gasteiger partial charge in [0.1, 0.15) is 0 Å². The predicted octanol–water partition coefficient (Wildman–Crippen LogP) is 1.34. The summed E-state index contributed by atoms with van der Waals surface area (Å²) in [4.78, 5) is 13.8. The normalized spacial score (nSPS) is 18.8. The van der Waals surface area contributed by atoms with Gasteiger partial charge in [-0.05, 0) is 32.4 Å². The second-order valence-corrected chi connectivity index (χ2v) is 5.95. The minimum atomic E-state index is -0.639. The van der Waals surface area contributed by atoms with E-state index in [4.69, 9.17) is 5.11 Å². The first-order chi connectivity index (χ1) is 10.1. The molecule has 0 aromatic carbocycles. The van der Waals surface area contributed by atoms with Crippen LogP contribution in [0.1, 0.15) is 38.2 Å². The summed E-state index contributed by atoms with van der Waals surface area (Å²) in [5.41, 5.74) is 0.591. The zero-order chi connectivity index (χ0) is 15.3. The van der Waals surface area contributed by atoms with E-state index in [1.54, 1.807) is 4.68 Å². The number of piperidine rings is 1. The maximum atomic E-state index is 11.6. The third-order valence-electron chi connectivity index (χ3n) is 4.42. The zero-order valence-electron chi connectivity index (χ0n) is 12.7. The van der Waals surface area contributed by atoms with Crippen LogP contribution in [0.3, 0.4) is 0 Å². The van der Waals surface area contributed by atoms with Crippen molar-refractivity contribution in [3.8, 4) is 0 Å². The zero-order valence-corrected chi connectivity index (χ0v) is 12.7. The van der Waals surface area contributed by atoms with Crippen molar-refractivity contribution < 1.29 is 15.0 Å². The van der Waals surface area contributed by atoms with Crippen molar-refractivity contribution in [2.45, 2.75) is 45.7 Å². The third-order valence-corrected chi connectivity index (χ3v) is 4.42. The molecule has 0 bridgehead atoms. The van der Waals surface area contributed by atoms with Crippen LogP contribution < -0.4 is 0 Å². The van der Waals surface area contributed by atoms with E-state index in [0.717, 1.165) is 50.9 Å². The molecule has 1 aliphatic rings. The van der Waals surface area contributed by atoms with Gasteiger partial charge in [-0.3, -0.25) is 14.4 Å². The standard InChI is InChI=1S/C15H25N3O3/c1-2-3-15(14(20)21)4-6-17(7-5-15)11-13-10-16-18(12-13)8-9-19/h10,12,19H,2-9,11H2,1H3,(H,20,21). The fraction of sp³-hybridized carbons (Fsp3) is 0.733. The Labute approximate surface area is 125 Å². The van der Waals surface area contributed by atoms with Crippen molar-refractivity contribution in [1.82, 2.24) is 14.7 Å². The summed E-state index contributed by atoms with van der Waals surface area (Å²) >= 11 is 0. The van der Waals surface area contributed by atoms with Crippen LogP contribution in [0.15, 0.2) is 12.4 Å². The van der Waals surface area contributed by atoms with E-state index in [1.165, 1.54) is 0 Å². The van der Waals surface area contributed by atoms with Gasteiger partial charge < -0.3 is 10.2 Å². The van der Waals surface area contributed by atoms with Crippen molar-refractivity contribution in [2.75, 3.05) is 19.7 Å². The van der Waals surface area contributed by atoms with E-state index < -0.39 is 11.4 Å². The van der Waals surface area contributed by atoms with Crippen LogP contribution >= 0.6 is 0 Å². The van der Waals surface area contributed by atoms with Crippen molar-refractivity contribution in [3.05, 3.63) is 18.0 Å². The van der Waals surface area contributed by atoms with E-state index in [2.05, 4.69) is 10.00 Å². The average molecular weight is 295 g/mol. The van der Waals surface area contributed by atoms with Gasteiger partial charge in [-0.2, -0.15) is 5.10 Å². The number of aromatic nitrogens is 2. The molecule has 0 saturated carbocycles. The number of hydrogen-bond acceptors (Lipinski definition) is 4. The molecule has 0 unspecified atom stereocenters. The SMILES string of the molecule is CCCC1(C(=O)O)CCN(Cc2cnn(CCO)c2)CC1. The average Bonchev–Trinajstić information content (AvgIpc) is 2.89. The Morgan fingerprint density at radius 2 is 2.14 bits per heavy atom. The number of nitrogens with zero attached hydrogens (tertiary/aromatic N) is 3. The number of likely N-dealkylation sites (tertiary alicyclic amines) is 1. The van der Waals surface area contributed by atoms with Crippen LogP contribution in [0.2, 0.25) is 0 Å². The van der Waals surface area contributed by atoms with Gasteiger partial charge >= 0.3 is 5.97 Å². The lowest BCUT2D eigenvalue weighted by Crippen LogP contribution is -2.44. The molecule has 0 aliphatic carbocycles. The van der Waals surface area contributed by atoms with Crippen molar-refractivity contribution in [2.24, 2.45) is 5.41 Å². The lowest BCUT2D eigenvalue weighted by atomic mass is 9.75. The first kappa shape index (κ1) is 16.0. The maximum absolute atomic E-state index is 11.6. The second-order valence-electron chi connectivity index (χ2n) is 5.95. The molecule has 0 amide bonds. The first-order valence-electron chi connectivity index (χ1n) is 7.67. The van der Waals surface area contributed by atoms with E-state index in [1.807, 2.05) is 19.3 Å². The summed E-state index contributed by atoms with van der Waals surface area (Å²) in [6.45, 7) is 5.08. The topological polar surface area (TPSA) is 78.6 Å². The van der Waals surface area contributed by atoms with Crippen LogP contribution in [0.4, 0.5) is 0 Å². The monoisotopic (exact) mass is 295 g/mol. The molecule has 2 rings (SSSR count). The van der Waals surface area contributed by atoms with Crippen molar-refractivity contribution >= 4 is 5.97 Å². The van der Waals surface area contributed by atoms with Crippen molar-refractivity contribution in [1.29, 1.82) is 0 Å². The summed E-state index contributed by atoms with van der Waals surface area (Å²) in [5, 5.41) is 22.6. The smallest absolute Gasteiger partial charge is 0.309 e.